The van der Waals surface area contributed by atoms with Crippen molar-refractivity contribution in [1.29, 1.82) is 0 Å². The van der Waals surface area contributed by atoms with E-state index in [0.717, 1.165) is 38.4 Å². The van der Waals surface area contributed by atoms with Crippen LogP contribution in [0.5, 0.6) is 0 Å². The van der Waals surface area contributed by atoms with Crippen LogP contribution in [0.1, 0.15) is 33.3 Å². The van der Waals surface area contributed by atoms with Crippen LogP contribution in [-0.4, -0.2) is 59.7 Å². The molecule has 134 valence electrons. The van der Waals surface area contributed by atoms with Crippen LogP contribution in [0, 0.1) is 0 Å². The van der Waals surface area contributed by atoms with Crippen LogP contribution in [0.15, 0.2) is 18.2 Å². The van der Waals surface area contributed by atoms with Crippen LogP contribution in [0.25, 0.3) is 0 Å². The van der Waals surface area contributed by atoms with E-state index in [1.54, 1.807) is 33.8 Å². The van der Waals surface area contributed by atoms with Gasteiger partial charge in [-0.15, -0.1) is 0 Å². The molecule has 0 aliphatic carbocycles. The van der Waals surface area contributed by atoms with Crippen molar-refractivity contribution in [1.82, 2.24) is 4.90 Å². The second kappa shape index (κ2) is 7.73. The third-order valence-corrected chi connectivity index (χ3v) is 5.06. The number of hydrogen-bond acceptors (Lipinski definition) is 5. The molecule has 1 aliphatic heterocycles. The van der Waals surface area contributed by atoms with E-state index in [2.05, 4.69) is 4.90 Å². The molecule has 1 heterocycles. The van der Waals surface area contributed by atoms with Gasteiger partial charge >= 0.3 is 7.12 Å². The number of morpholine rings is 1. The third kappa shape index (κ3) is 4.94. The van der Waals surface area contributed by atoms with E-state index in [0.29, 0.717) is 10.5 Å². The van der Waals surface area contributed by atoms with Gasteiger partial charge in [0.25, 0.3) is 0 Å². The molecule has 0 unspecified atom stereocenters. The van der Waals surface area contributed by atoms with Crippen molar-refractivity contribution >= 4 is 24.2 Å². The average molecular weight is 356 g/mol. The minimum absolute atomic E-state index is 0.444. The normalized spacial score (nSPS) is 17.1. The Morgan fingerprint density at radius 3 is 2.46 bits per heavy atom. The minimum Gasteiger partial charge on any atom is -0.423 e. The van der Waals surface area contributed by atoms with Crippen molar-refractivity contribution < 1.29 is 19.5 Å². The molecule has 2 rings (SSSR count). The van der Waals surface area contributed by atoms with Crippen LogP contribution in [-0.2, 0) is 15.9 Å². The Labute approximate surface area is 149 Å². The van der Waals surface area contributed by atoms with E-state index in [1.807, 2.05) is 12.1 Å². The molecule has 0 spiro atoms. The van der Waals surface area contributed by atoms with Crippen LogP contribution in [0.3, 0.4) is 0 Å². The van der Waals surface area contributed by atoms with Crippen LogP contribution >= 0.6 is 11.6 Å². The van der Waals surface area contributed by atoms with Crippen molar-refractivity contribution in [3.8, 4) is 0 Å². The number of halogens is 1. The van der Waals surface area contributed by atoms with Crippen molar-refractivity contribution in [2.75, 3.05) is 26.3 Å². The van der Waals surface area contributed by atoms with E-state index in [4.69, 9.17) is 21.0 Å². The Balaban J connectivity index is 2.12. The lowest BCUT2D eigenvalue weighted by Crippen LogP contribution is -2.53. The molecule has 0 amide bonds. The lowest BCUT2D eigenvalue weighted by atomic mass is 9.76. The summed E-state index contributed by atoms with van der Waals surface area (Å²) in [5, 5.41) is 21.1. The molecule has 1 aromatic carbocycles. The van der Waals surface area contributed by atoms with Gasteiger partial charge < -0.3 is 19.5 Å². The van der Waals surface area contributed by atoms with Crippen molar-refractivity contribution in [3.63, 3.8) is 0 Å². The maximum atomic E-state index is 10.5. The minimum atomic E-state index is -1.21. The first-order chi connectivity index (χ1) is 11.1. The Kier molecular flexibility index (Phi) is 6.34. The average Bonchev–Trinajstić information content (AvgIpc) is 2.48. The monoisotopic (exact) mass is 355 g/mol. The summed E-state index contributed by atoms with van der Waals surface area (Å²) in [6.07, 6.45) is 0. The summed E-state index contributed by atoms with van der Waals surface area (Å²) in [6, 6.07) is 5.59. The zero-order valence-electron chi connectivity index (χ0n) is 14.9. The van der Waals surface area contributed by atoms with Gasteiger partial charge in [0.2, 0.25) is 0 Å². The zero-order chi connectivity index (χ0) is 18.0. The van der Waals surface area contributed by atoms with Crippen LogP contribution in [0.4, 0.5) is 0 Å². The van der Waals surface area contributed by atoms with Gasteiger partial charge in [-0.1, -0.05) is 23.7 Å². The molecular formula is C17H27BClNO4. The van der Waals surface area contributed by atoms with Gasteiger partial charge in [0.05, 0.1) is 24.4 Å². The predicted molar refractivity (Wildman–Crippen MR) is 96.6 cm³/mol. The summed E-state index contributed by atoms with van der Waals surface area (Å²) in [6.45, 7) is 10.8. The molecular weight excluding hydrogens is 328 g/mol. The molecule has 24 heavy (non-hydrogen) atoms. The second-order valence-corrected chi connectivity index (χ2v) is 7.69. The molecule has 0 radical (unpaired) electrons. The highest BCUT2D eigenvalue weighted by molar-refractivity contribution is 6.64. The van der Waals surface area contributed by atoms with Crippen LogP contribution < -0.4 is 5.46 Å². The van der Waals surface area contributed by atoms with E-state index < -0.39 is 18.3 Å². The zero-order valence-corrected chi connectivity index (χ0v) is 15.6. The molecule has 5 nitrogen and oxygen atoms in total. The van der Waals surface area contributed by atoms with Crippen molar-refractivity contribution in [2.24, 2.45) is 0 Å². The van der Waals surface area contributed by atoms with E-state index in [1.165, 1.54) is 0 Å². The van der Waals surface area contributed by atoms with Gasteiger partial charge in [-0.05, 0) is 39.3 Å². The summed E-state index contributed by atoms with van der Waals surface area (Å²) in [5.74, 6) is 0. The Hall–Kier alpha value is -0.625. The lowest BCUT2D eigenvalue weighted by Gasteiger charge is -2.38. The van der Waals surface area contributed by atoms with Gasteiger partial charge in [0, 0.05) is 30.1 Å². The number of ether oxygens (including phenoxy) is 1. The standard InChI is InChI=1S/C17H27BClNO4/c1-16(2,21)17(3,4)24-18(22)14-11-13(5-6-15(14)19)12-20-7-9-23-10-8-20/h5-6,11,21-22H,7-10,12H2,1-4H3. The topological polar surface area (TPSA) is 62.2 Å². The quantitative estimate of drug-likeness (QED) is 0.756. The van der Waals surface area contributed by atoms with Gasteiger partial charge in [-0.2, -0.15) is 0 Å². The van der Waals surface area contributed by atoms with Crippen molar-refractivity contribution in [2.45, 2.75) is 45.4 Å². The SMILES string of the molecule is CC(C)(O)C(C)(C)OB(O)c1cc(CN2CCOCC2)ccc1Cl. The first kappa shape index (κ1) is 19.7. The van der Waals surface area contributed by atoms with E-state index >= 15 is 0 Å². The highest BCUT2D eigenvalue weighted by atomic mass is 35.5. The highest BCUT2D eigenvalue weighted by Crippen LogP contribution is 2.26. The highest BCUT2D eigenvalue weighted by Gasteiger charge is 2.40. The molecule has 7 heteroatoms. The predicted octanol–water partition coefficient (Wildman–Crippen LogP) is 1.43. The maximum Gasteiger partial charge on any atom is 0.493 e. The maximum absolute atomic E-state index is 10.5. The van der Waals surface area contributed by atoms with Gasteiger partial charge in [-0.3, -0.25) is 4.90 Å². The fourth-order valence-electron chi connectivity index (χ4n) is 2.39. The molecule has 0 saturated carbocycles. The summed E-state index contributed by atoms with van der Waals surface area (Å²) < 4.78 is 11.1. The van der Waals surface area contributed by atoms with E-state index in [-0.39, 0.29) is 0 Å². The lowest BCUT2D eigenvalue weighted by molar-refractivity contribution is -0.0982. The fraction of sp³-hybridized carbons (Fsp3) is 0.647. The first-order valence-corrected chi connectivity index (χ1v) is 8.64. The van der Waals surface area contributed by atoms with E-state index in [9.17, 15) is 10.1 Å². The number of nitrogens with zero attached hydrogens (tertiary/aromatic N) is 1. The summed E-state index contributed by atoms with van der Waals surface area (Å²) >= 11 is 6.24. The summed E-state index contributed by atoms with van der Waals surface area (Å²) in [4.78, 5) is 2.30. The molecule has 1 fully saturated rings. The molecule has 1 aliphatic rings. The fourth-order valence-corrected chi connectivity index (χ4v) is 2.60. The Morgan fingerprint density at radius 1 is 1.25 bits per heavy atom. The number of hydrogen-bond donors (Lipinski definition) is 2. The molecule has 1 saturated heterocycles. The number of aliphatic hydroxyl groups is 1. The largest absolute Gasteiger partial charge is 0.493 e. The van der Waals surface area contributed by atoms with Crippen LogP contribution in [0.2, 0.25) is 5.02 Å². The summed E-state index contributed by atoms with van der Waals surface area (Å²) in [7, 11) is -1.21. The molecule has 0 bridgehead atoms. The third-order valence-electron chi connectivity index (χ3n) is 4.72. The number of rotatable bonds is 6. The Bertz CT molecular complexity index is 556. The first-order valence-electron chi connectivity index (χ1n) is 8.27. The molecule has 1 aromatic rings. The van der Waals surface area contributed by atoms with Crippen molar-refractivity contribution in [3.05, 3.63) is 28.8 Å². The second-order valence-electron chi connectivity index (χ2n) is 7.28. The van der Waals surface area contributed by atoms with Gasteiger partial charge in [0.15, 0.2) is 0 Å². The molecule has 2 N–H and O–H groups in total. The smallest absolute Gasteiger partial charge is 0.423 e. The van der Waals surface area contributed by atoms with Gasteiger partial charge in [0.1, 0.15) is 0 Å². The van der Waals surface area contributed by atoms with Gasteiger partial charge in [-0.25, -0.2) is 0 Å². The molecule has 0 aromatic heterocycles. The molecule has 0 atom stereocenters. The number of benzene rings is 1. The summed E-state index contributed by atoms with van der Waals surface area (Å²) in [5.41, 5.74) is -0.471. The Morgan fingerprint density at radius 2 is 1.88 bits per heavy atom.